The second-order valence-electron chi connectivity index (χ2n) is 4.08. The average Bonchev–Trinajstić information content (AvgIpc) is 2.40. The van der Waals surface area contributed by atoms with Crippen LogP contribution in [-0.2, 0) is 19.2 Å². The molecule has 0 rings (SSSR count). The van der Waals surface area contributed by atoms with E-state index in [-0.39, 0.29) is 23.7 Å². The first-order valence-corrected chi connectivity index (χ1v) is 6.43. The van der Waals surface area contributed by atoms with E-state index in [2.05, 4.69) is 17.9 Å². The number of rotatable bonds is 9. The van der Waals surface area contributed by atoms with Gasteiger partial charge in [-0.15, -0.1) is 0 Å². The summed E-state index contributed by atoms with van der Waals surface area (Å²) in [5, 5.41) is 28.4. The van der Waals surface area contributed by atoms with Gasteiger partial charge in [0.25, 0.3) is 5.91 Å². The van der Waals surface area contributed by atoms with Crippen molar-refractivity contribution in [2.24, 2.45) is 5.73 Å². The van der Waals surface area contributed by atoms with Crippen molar-refractivity contribution >= 4 is 36.4 Å². The van der Waals surface area contributed by atoms with Crippen LogP contribution in [-0.4, -0.2) is 68.6 Å². The molecule has 0 aliphatic rings. The summed E-state index contributed by atoms with van der Waals surface area (Å²) in [6.07, 6.45) is -0.373. The minimum Gasteiger partial charge on any atom is -0.480 e. The van der Waals surface area contributed by atoms with E-state index in [4.69, 9.17) is 15.9 Å². The van der Waals surface area contributed by atoms with Crippen molar-refractivity contribution in [2.75, 3.05) is 12.3 Å². The van der Waals surface area contributed by atoms with Crippen LogP contribution in [0.1, 0.15) is 12.8 Å². The maximum Gasteiger partial charge on any atom is 0.325 e. The van der Waals surface area contributed by atoms with E-state index in [1.165, 1.54) is 0 Å². The number of nitrogens with zero attached hydrogens (tertiary/aromatic N) is 1. The summed E-state index contributed by atoms with van der Waals surface area (Å²) in [5.74, 6) is -4.56. The van der Waals surface area contributed by atoms with Gasteiger partial charge in [-0.25, -0.2) is 5.06 Å². The van der Waals surface area contributed by atoms with Crippen LogP contribution in [0.2, 0.25) is 0 Å². The molecule has 0 saturated heterocycles. The number of amides is 2. The molecular weight excluding hydrogens is 306 g/mol. The molecule has 0 saturated carbocycles. The number of nitrogens with one attached hydrogen (secondary N) is 1. The number of hydrogen-bond acceptors (Lipinski definition) is 7. The fourth-order valence-corrected chi connectivity index (χ4v) is 1.50. The second kappa shape index (κ2) is 9.15. The number of carboxylic acid groups (broad SMARTS) is 2. The molecule has 0 radical (unpaired) electrons. The Balaban J connectivity index is 4.42. The van der Waals surface area contributed by atoms with E-state index in [0.717, 1.165) is 0 Å². The largest absolute Gasteiger partial charge is 0.480 e. The molecule has 0 aliphatic carbocycles. The number of aliphatic carboxylic acids is 2. The standard InChI is InChI=1S/C10H17N3O7S/c11-5(10(18)19)1-2-7(14)12-6(4-21)9(17)13(20)3-8(15)16/h5-6,20-21H,1-4,11H2,(H,12,14)(H,15,16)(H,18,19)/t5?,6-/m1/s1. The molecule has 21 heavy (non-hydrogen) atoms. The highest BCUT2D eigenvalue weighted by Gasteiger charge is 2.25. The van der Waals surface area contributed by atoms with Crippen LogP contribution in [0.4, 0.5) is 0 Å². The van der Waals surface area contributed by atoms with Gasteiger partial charge in [-0.2, -0.15) is 12.6 Å². The quantitative estimate of drug-likeness (QED) is 0.159. The number of carboxylic acids is 2. The van der Waals surface area contributed by atoms with E-state index < -0.39 is 42.4 Å². The molecule has 10 nitrogen and oxygen atoms in total. The number of carbonyl (C=O) groups is 4. The van der Waals surface area contributed by atoms with Crippen molar-refractivity contribution in [3.05, 3.63) is 0 Å². The third-order valence-electron chi connectivity index (χ3n) is 2.35. The summed E-state index contributed by atoms with van der Waals surface area (Å²) in [6.45, 7) is -0.942. The Morgan fingerprint density at radius 1 is 1.24 bits per heavy atom. The Morgan fingerprint density at radius 2 is 1.81 bits per heavy atom. The van der Waals surface area contributed by atoms with Crippen LogP contribution < -0.4 is 11.1 Å². The number of hydrogen-bond donors (Lipinski definition) is 6. The van der Waals surface area contributed by atoms with E-state index in [0.29, 0.717) is 0 Å². The molecular formula is C10H17N3O7S. The Morgan fingerprint density at radius 3 is 2.24 bits per heavy atom. The normalized spacial score (nSPS) is 13.1. The summed E-state index contributed by atoms with van der Waals surface area (Å²) < 4.78 is 0. The SMILES string of the molecule is NC(CCC(=O)N[C@H](CS)C(=O)N(O)CC(=O)O)C(=O)O. The van der Waals surface area contributed by atoms with E-state index in [1.54, 1.807) is 0 Å². The highest BCUT2D eigenvalue weighted by Crippen LogP contribution is 1.99. The van der Waals surface area contributed by atoms with Gasteiger partial charge in [0.05, 0.1) is 0 Å². The van der Waals surface area contributed by atoms with Crippen LogP contribution in [0.25, 0.3) is 0 Å². The second-order valence-corrected chi connectivity index (χ2v) is 4.44. The molecule has 11 heteroatoms. The fourth-order valence-electron chi connectivity index (χ4n) is 1.25. The lowest BCUT2D eigenvalue weighted by Gasteiger charge is -2.20. The predicted octanol–water partition coefficient (Wildman–Crippen LogP) is -2.10. The third kappa shape index (κ3) is 7.48. The smallest absolute Gasteiger partial charge is 0.325 e. The first-order valence-electron chi connectivity index (χ1n) is 5.79. The van der Waals surface area contributed by atoms with Crippen LogP contribution in [0.3, 0.4) is 0 Å². The van der Waals surface area contributed by atoms with Gasteiger partial charge in [0.1, 0.15) is 18.6 Å². The molecule has 1 unspecified atom stereocenters. The number of nitrogens with two attached hydrogens (primary N) is 1. The van der Waals surface area contributed by atoms with Gasteiger partial charge in [0.15, 0.2) is 0 Å². The van der Waals surface area contributed by atoms with Crippen LogP contribution in [0, 0.1) is 0 Å². The summed E-state index contributed by atoms with van der Waals surface area (Å²) in [7, 11) is 0. The van der Waals surface area contributed by atoms with Crippen molar-refractivity contribution < 1.29 is 34.6 Å². The van der Waals surface area contributed by atoms with Gasteiger partial charge in [-0.1, -0.05) is 0 Å². The molecule has 0 fully saturated rings. The van der Waals surface area contributed by atoms with Crippen molar-refractivity contribution in [3.8, 4) is 0 Å². The molecule has 2 atom stereocenters. The third-order valence-corrected chi connectivity index (χ3v) is 2.72. The van der Waals surface area contributed by atoms with Gasteiger partial charge >= 0.3 is 11.9 Å². The maximum atomic E-state index is 11.6. The Labute approximate surface area is 125 Å². The van der Waals surface area contributed by atoms with E-state index in [1.807, 2.05) is 0 Å². The fraction of sp³-hybridized carbons (Fsp3) is 0.600. The van der Waals surface area contributed by atoms with Gasteiger partial charge in [-0.05, 0) is 6.42 Å². The number of thiol groups is 1. The topological polar surface area (TPSA) is 170 Å². The molecule has 6 N–H and O–H groups in total. The molecule has 0 aromatic heterocycles. The predicted molar refractivity (Wildman–Crippen MR) is 71.8 cm³/mol. The number of carbonyl (C=O) groups excluding carboxylic acids is 2. The Bertz CT molecular complexity index is 417. The summed E-state index contributed by atoms with van der Waals surface area (Å²) in [6, 6.07) is -2.44. The van der Waals surface area contributed by atoms with Crippen molar-refractivity contribution in [1.29, 1.82) is 0 Å². The summed E-state index contributed by atoms with van der Waals surface area (Å²) in [4.78, 5) is 44.0. The lowest BCUT2D eigenvalue weighted by molar-refractivity contribution is -0.175. The first-order chi connectivity index (χ1) is 9.68. The molecule has 0 bridgehead atoms. The molecule has 2 amide bonds. The highest BCUT2D eigenvalue weighted by molar-refractivity contribution is 7.80. The van der Waals surface area contributed by atoms with Crippen LogP contribution in [0.15, 0.2) is 0 Å². The number of hydroxylamine groups is 2. The van der Waals surface area contributed by atoms with Gasteiger partial charge in [0.2, 0.25) is 5.91 Å². The molecule has 0 aromatic carbocycles. The molecule has 0 aromatic rings. The van der Waals surface area contributed by atoms with Gasteiger partial charge < -0.3 is 21.3 Å². The Hall–Kier alpha value is -1.85. The average molecular weight is 323 g/mol. The van der Waals surface area contributed by atoms with Crippen molar-refractivity contribution in [1.82, 2.24) is 10.4 Å². The van der Waals surface area contributed by atoms with Gasteiger partial charge in [-0.3, -0.25) is 24.4 Å². The lowest BCUT2D eigenvalue weighted by Crippen LogP contribution is -2.50. The summed E-state index contributed by atoms with van der Waals surface area (Å²) in [5.41, 5.74) is 5.22. The minimum absolute atomic E-state index is 0.0491. The summed E-state index contributed by atoms with van der Waals surface area (Å²) >= 11 is 3.82. The highest BCUT2D eigenvalue weighted by atomic mass is 32.1. The van der Waals surface area contributed by atoms with Crippen LogP contribution >= 0.6 is 12.6 Å². The van der Waals surface area contributed by atoms with Crippen molar-refractivity contribution in [3.63, 3.8) is 0 Å². The Kier molecular flexibility index (Phi) is 8.35. The van der Waals surface area contributed by atoms with Gasteiger partial charge in [0, 0.05) is 12.2 Å². The molecule has 0 heterocycles. The lowest BCUT2D eigenvalue weighted by atomic mass is 10.1. The molecule has 0 aliphatic heterocycles. The zero-order chi connectivity index (χ0) is 16.6. The minimum atomic E-state index is -1.43. The monoisotopic (exact) mass is 323 g/mol. The molecule has 0 spiro atoms. The first kappa shape index (κ1) is 19.1. The van der Waals surface area contributed by atoms with E-state index in [9.17, 15) is 24.4 Å². The van der Waals surface area contributed by atoms with Crippen molar-refractivity contribution in [2.45, 2.75) is 24.9 Å². The zero-order valence-corrected chi connectivity index (χ0v) is 11.8. The maximum absolute atomic E-state index is 11.6. The van der Waals surface area contributed by atoms with Crippen LogP contribution in [0.5, 0.6) is 0 Å². The zero-order valence-electron chi connectivity index (χ0n) is 10.9. The van der Waals surface area contributed by atoms with E-state index >= 15 is 0 Å². The molecule has 120 valence electrons.